The van der Waals surface area contributed by atoms with Crippen LogP contribution in [-0.4, -0.2) is 34.2 Å². The van der Waals surface area contributed by atoms with E-state index in [0.29, 0.717) is 0 Å². The van der Waals surface area contributed by atoms with Crippen LogP contribution in [0.3, 0.4) is 0 Å². The summed E-state index contributed by atoms with van der Waals surface area (Å²) in [6.45, 7) is 0. The molecule has 0 saturated carbocycles. The van der Waals surface area contributed by atoms with Crippen molar-refractivity contribution in [3.05, 3.63) is 30.1 Å². The molecule has 98 valence electrons. The number of pyridine rings is 1. The summed E-state index contributed by atoms with van der Waals surface area (Å²) in [4.78, 5) is 25.3. The highest BCUT2D eigenvalue weighted by atomic mass is 19.4. The Labute approximate surface area is 99.6 Å². The molecule has 18 heavy (non-hydrogen) atoms. The number of carbonyl (C=O) groups is 2. The van der Waals surface area contributed by atoms with Crippen LogP contribution in [0.2, 0.25) is 0 Å². The summed E-state index contributed by atoms with van der Waals surface area (Å²) in [5.74, 6) is -2.72. The van der Waals surface area contributed by atoms with Crippen LogP contribution in [0.5, 0.6) is 0 Å². The lowest BCUT2D eigenvalue weighted by molar-refractivity contribution is -0.165. The molecule has 0 radical (unpaired) electrons. The van der Waals surface area contributed by atoms with Crippen LogP contribution in [0.1, 0.15) is 16.9 Å². The van der Waals surface area contributed by atoms with Crippen molar-refractivity contribution in [1.82, 2.24) is 10.3 Å². The Morgan fingerprint density at radius 1 is 1.39 bits per heavy atom. The molecule has 0 aliphatic rings. The van der Waals surface area contributed by atoms with Gasteiger partial charge in [0, 0.05) is 6.20 Å². The molecule has 1 aromatic rings. The lowest BCUT2D eigenvalue weighted by atomic mass is 10.2. The maximum atomic E-state index is 12.5. The van der Waals surface area contributed by atoms with Gasteiger partial charge in [0.2, 0.25) is 0 Å². The SMILES string of the molecule is O=C(O)CC(NC(=O)c1ccccn1)C(F)(F)F. The highest BCUT2D eigenvalue weighted by Crippen LogP contribution is 2.22. The molecule has 2 N–H and O–H groups in total. The number of hydrogen-bond acceptors (Lipinski definition) is 3. The molecule has 0 aromatic carbocycles. The zero-order valence-corrected chi connectivity index (χ0v) is 8.94. The highest BCUT2D eigenvalue weighted by Gasteiger charge is 2.42. The van der Waals surface area contributed by atoms with Crippen molar-refractivity contribution in [2.45, 2.75) is 18.6 Å². The summed E-state index contributed by atoms with van der Waals surface area (Å²) in [6, 6.07) is 1.71. The third kappa shape index (κ3) is 4.04. The van der Waals surface area contributed by atoms with Gasteiger partial charge in [-0.25, -0.2) is 0 Å². The molecule has 1 amide bonds. The Hall–Kier alpha value is -2.12. The fraction of sp³-hybridized carbons (Fsp3) is 0.300. The lowest BCUT2D eigenvalue weighted by Crippen LogP contribution is -2.46. The third-order valence-electron chi connectivity index (χ3n) is 1.98. The van der Waals surface area contributed by atoms with Gasteiger partial charge in [-0.3, -0.25) is 14.6 Å². The minimum Gasteiger partial charge on any atom is -0.481 e. The van der Waals surface area contributed by atoms with Gasteiger partial charge in [0.15, 0.2) is 0 Å². The summed E-state index contributed by atoms with van der Waals surface area (Å²) < 4.78 is 37.4. The van der Waals surface area contributed by atoms with Crippen molar-refractivity contribution in [3.63, 3.8) is 0 Å². The molecule has 1 atom stereocenters. The molecule has 0 aliphatic heterocycles. The van der Waals surface area contributed by atoms with Crippen LogP contribution in [0.4, 0.5) is 13.2 Å². The number of nitrogens with one attached hydrogen (secondary N) is 1. The summed E-state index contributed by atoms with van der Waals surface area (Å²) in [5, 5.41) is 9.96. The average molecular weight is 262 g/mol. The van der Waals surface area contributed by atoms with E-state index in [1.165, 1.54) is 24.4 Å². The first-order valence-corrected chi connectivity index (χ1v) is 4.81. The average Bonchev–Trinajstić information content (AvgIpc) is 2.27. The molecule has 0 saturated heterocycles. The van der Waals surface area contributed by atoms with Crippen molar-refractivity contribution in [2.75, 3.05) is 0 Å². The normalized spacial score (nSPS) is 12.8. The largest absolute Gasteiger partial charge is 0.481 e. The molecule has 1 unspecified atom stereocenters. The van der Waals surface area contributed by atoms with Crippen LogP contribution in [0, 0.1) is 0 Å². The monoisotopic (exact) mass is 262 g/mol. The fourth-order valence-corrected chi connectivity index (χ4v) is 1.15. The number of alkyl halides is 3. The minimum absolute atomic E-state index is 0.211. The fourth-order valence-electron chi connectivity index (χ4n) is 1.15. The Morgan fingerprint density at radius 2 is 2.06 bits per heavy atom. The number of halogens is 3. The molecular formula is C10H9F3N2O3. The number of carboxylic acids is 1. The minimum atomic E-state index is -4.83. The molecule has 1 aromatic heterocycles. The predicted molar refractivity (Wildman–Crippen MR) is 53.8 cm³/mol. The van der Waals surface area contributed by atoms with Gasteiger partial charge in [-0.2, -0.15) is 13.2 Å². The zero-order chi connectivity index (χ0) is 13.8. The van der Waals surface area contributed by atoms with Crippen LogP contribution in [0.15, 0.2) is 24.4 Å². The molecule has 0 aliphatic carbocycles. The molecule has 0 bridgehead atoms. The maximum Gasteiger partial charge on any atom is 0.409 e. The van der Waals surface area contributed by atoms with E-state index in [1.807, 2.05) is 0 Å². The maximum absolute atomic E-state index is 12.5. The summed E-state index contributed by atoms with van der Waals surface area (Å²) >= 11 is 0. The molecule has 1 rings (SSSR count). The number of hydrogen-bond donors (Lipinski definition) is 2. The van der Waals surface area contributed by atoms with Crippen molar-refractivity contribution >= 4 is 11.9 Å². The van der Waals surface area contributed by atoms with E-state index in [4.69, 9.17) is 5.11 Å². The molecule has 8 heteroatoms. The number of rotatable bonds is 4. The standard InChI is InChI=1S/C10H9F3N2O3/c11-10(12,13)7(5-8(16)17)15-9(18)6-3-1-2-4-14-6/h1-4,7H,5H2,(H,15,18)(H,16,17). The number of aromatic nitrogens is 1. The summed E-state index contributed by atoms with van der Waals surface area (Å²) in [7, 11) is 0. The van der Waals surface area contributed by atoms with Crippen molar-refractivity contribution in [1.29, 1.82) is 0 Å². The zero-order valence-electron chi connectivity index (χ0n) is 8.94. The van der Waals surface area contributed by atoms with E-state index in [1.54, 1.807) is 5.32 Å². The second kappa shape index (κ2) is 5.48. The number of carboxylic acid groups (broad SMARTS) is 1. The van der Waals surface area contributed by atoms with Gasteiger partial charge in [0.1, 0.15) is 11.7 Å². The first-order chi connectivity index (χ1) is 8.30. The van der Waals surface area contributed by atoms with E-state index in [0.717, 1.165) is 0 Å². The van der Waals surface area contributed by atoms with E-state index in [2.05, 4.69) is 4.98 Å². The second-order valence-corrected chi connectivity index (χ2v) is 3.38. The lowest BCUT2D eigenvalue weighted by Gasteiger charge is -2.19. The Balaban J connectivity index is 2.78. The van der Waals surface area contributed by atoms with Gasteiger partial charge >= 0.3 is 12.1 Å². The first kappa shape index (κ1) is 13.9. The smallest absolute Gasteiger partial charge is 0.409 e. The van der Waals surface area contributed by atoms with Crippen LogP contribution < -0.4 is 5.32 Å². The topological polar surface area (TPSA) is 79.3 Å². The first-order valence-electron chi connectivity index (χ1n) is 4.81. The number of carbonyl (C=O) groups excluding carboxylic acids is 1. The van der Waals surface area contributed by atoms with Gasteiger partial charge in [0.05, 0.1) is 6.42 Å². The summed E-state index contributed by atoms with van der Waals surface area (Å²) in [6.07, 6.45) is -4.82. The van der Waals surface area contributed by atoms with E-state index in [-0.39, 0.29) is 5.69 Å². The molecule has 5 nitrogen and oxygen atoms in total. The Bertz CT molecular complexity index is 434. The van der Waals surface area contributed by atoms with E-state index in [9.17, 15) is 22.8 Å². The number of nitrogens with zero attached hydrogens (tertiary/aromatic N) is 1. The third-order valence-corrected chi connectivity index (χ3v) is 1.98. The predicted octanol–water partition coefficient (Wildman–Crippen LogP) is 1.22. The summed E-state index contributed by atoms with van der Waals surface area (Å²) in [5.41, 5.74) is -0.211. The number of aliphatic carboxylic acids is 1. The van der Waals surface area contributed by atoms with Crippen molar-refractivity contribution < 1.29 is 27.9 Å². The number of amides is 1. The quantitative estimate of drug-likeness (QED) is 0.855. The van der Waals surface area contributed by atoms with Crippen molar-refractivity contribution in [3.8, 4) is 0 Å². The molecule has 0 spiro atoms. The van der Waals surface area contributed by atoms with Gasteiger partial charge in [-0.1, -0.05) is 6.07 Å². The molecule has 1 heterocycles. The van der Waals surface area contributed by atoms with E-state index < -0.39 is 30.5 Å². The van der Waals surface area contributed by atoms with Crippen LogP contribution in [0.25, 0.3) is 0 Å². The highest BCUT2D eigenvalue weighted by molar-refractivity contribution is 5.92. The van der Waals surface area contributed by atoms with Crippen LogP contribution >= 0.6 is 0 Å². The van der Waals surface area contributed by atoms with Gasteiger partial charge in [0.25, 0.3) is 5.91 Å². The Morgan fingerprint density at radius 3 is 2.50 bits per heavy atom. The van der Waals surface area contributed by atoms with Gasteiger partial charge in [-0.15, -0.1) is 0 Å². The van der Waals surface area contributed by atoms with Gasteiger partial charge in [-0.05, 0) is 12.1 Å². The second-order valence-electron chi connectivity index (χ2n) is 3.38. The van der Waals surface area contributed by atoms with E-state index >= 15 is 0 Å². The van der Waals surface area contributed by atoms with Gasteiger partial charge < -0.3 is 10.4 Å². The van der Waals surface area contributed by atoms with Crippen LogP contribution in [-0.2, 0) is 4.79 Å². The molecule has 0 fully saturated rings. The Kier molecular flexibility index (Phi) is 4.24. The van der Waals surface area contributed by atoms with Crippen molar-refractivity contribution in [2.24, 2.45) is 0 Å². The molecular weight excluding hydrogens is 253 g/mol.